The Balaban J connectivity index is 0.00000361. The molecule has 0 aromatic heterocycles. The van der Waals surface area contributed by atoms with Gasteiger partial charge < -0.3 is 19.5 Å². The third-order valence-electron chi connectivity index (χ3n) is 2.71. The van der Waals surface area contributed by atoms with Crippen molar-refractivity contribution in [3.8, 4) is 17.2 Å². The number of carbonyl (C=O) groups is 1. The molecule has 114 valence electrons. The normalized spacial score (nSPS) is 9.60. The third-order valence-corrected chi connectivity index (χ3v) is 2.71. The van der Waals surface area contributed by atoms with Crippen LogP contribution in [0.1, 0.15) is 23.7 Å². The summed E-state index contributed by atoms with van der Waals surface area (Å²) in [7, 11) is 4.59. The molecule has 0 heterocycles. The molecular formula is C14H22ClNO4. The molecule has 0 spiro atoms. The van der Waals surface area contributed by atoms with Crippen LogP contribution in [0.25, 0.3) is 0 Å². The van der Waals surface area contributed by atoms with E-state index in [1.165, 1.54) is 14.2 Å². The van der Waals surface area contributed by atoms with Crippen molar-refractivity contribution >= 4 is 18.2 Å². The van der Waals surface area contributed by atoms with Crippen molar-refractivity contribution in [2.45, 2.75) is 13.3 Å². The first kappa shape index (κ1) is 18.5. The molecule has 0 aliphatic carbocycles. The summed E-state index contributed by atoms with van der Waals surface area (Å²) < 4.78 is 15.6. The number of rotatable bonds is 8. The first-order valence-corrected chi connectivity index (χ1v) is 6.21. The van der Waals surface area contributed by atoms with Crippen LogP contribution >= 0.6 is 12.4 Å². The fourth-order valence-electron chi connectivity index (χ4n) is 1.75. The van der Waals surface area contributed by atoms with Gasteiger partial charge in [-0.2, -0.15) is 0 Å². The van der Waals surface area contributed by atoms with Gasteiger partial charge in [0.1, 0.15) is 22.8 Å². The summed E-state index contributed by atoms with van der Waals surface area (Å²) >= 11 is 0. The minimum absolute atomic E-state index is 0. The minimum atomic E-state index is -0.0650. The molecule has 0 radical (unpaired) electrons. The van der Waals surface area contributed by atoms with Gasteiger partial charge in [-0.25, -0.2) is 0 Å². The number of halogens is 1. The van der Waals surface area contributed by atoms with E-state index in [-0.39, 0.29) is 24.7 Å². The molecule has 5 nitrogen and oxygen atoms in total. The number of benzene rings is 1. The Hall–Kier alpha value is -1.46. The van der Waals surface area contributed by atoms with Gasteiger partial charge >= 0.3 is 0 Å². The summed E-state index contributed by atoms with van der Waals surface area (Å²) in [4.78, 5) is 12.2. The average Bonchev–Trinajstić information content (AvgIpc) is 2.45. The van der Waals surface area contributed by atoms with Crippen LogP contribution in [0, 0.1) is 0 Å². The number of ketones is 1. The van der Waals surface area contributed by atoms with Gasteiger partial charge in [-0.1, -0.05) is 6.92 Å². The van der Waals surface area contributed by atoms with E-state index in [0.717, 1.165) is 13.0 Å². The molecule has 1 aromatic carbocycles. The number of ether oxygens (including phenoxy) is 3. The van der Waals surface area contributed by atoms with Crippen LogP contribution in [0.4, 0.5) is 0 Å². The summed E-state index contributed by atoms with van der Waals surface area (Å²) in [5.74, 6) is 1.44. The zero-order chi connectivity index (χ0) is 14.3. The fourth-order valence-corrected chi connectivity index (χ4v) is 1.75. The van der Waals surface area contributed by atoms with Gasteiger partial charge in [0.15, 0.2) is 5.78 Å². The van der Waals surface area contributed by atoms with E-state index >= 15 is 0 Å². The summed E-state index contributed by atoms with van der Waals surface area (Å²) in [6.07, 6.45) is 0.976. The molecular weight excluding hydrogens is 282 g/mol. The number of hydrogen-bond donors (Lipinski definition) is 1. The van der Waals surface area contributed by atoms with E-state index in [4.69, 9.17) is 14.2 Å². The molecule has 0 amide bonds. The maximum Gasteiger partial charge on any atom is 0.184 e. The van der Waals surface area contributed by atoms with E-state index in [1.807, 2.05) is 6.92 Å². The second kappa shape index (κ2) is 9.44. The lowest BCUT2D eigenvalue weighted by molar-refractivity contribution is 0.0985. The average molecular weight is 304 g/mol. The zero-order valence-electron chi connectivity index (χ0n) is 12.3. The molecule has 0 saturated carbocycles. The minimum Gasteiger partial charge on any atom is -0.496 e. The highest BCUT2D eigenvalue weighted by molar-refractivity contribution is 6.03. The van der Waals surface area contributed by atoms with Crippen molar-refractivity contribution in [2.75, 3.05) is 34.4 Å². The number of hydrogen-bond acceptors (Lipinski definition) is 5. The van der Waals surface area contributed by atoms with Crippen LogP contribution in [-0.2, 0) is 0 Å². The topological polar surface area (TPSA) is 56.8 Å². The quantitative estimate of drug-likeness (QED) is 0.590. The predicted molar refractivity (Wildman–Crippen MR) is 80.8 cm³/mol. The van der Waals surface area contributed by atoms with Crippen LogP contribution in [-0.4, -0.2) is 40.2 Å². The van der Waals surface area contributed by atoms with Crippen LogP contribution in [0.5, 0.6) is 17.2 Å². The Morgan fingerprint density at radius 1 is 1.10 bits per heavy atom. The van der Waals surface area contributed by atoms with Crippen LogP contribution in [0.3, 0.4) is 0 Å². The number of Topliss-reactive ketones (excluding diaryl/α,β-unsaturated/α-hetero) is 1. The fraction of sp³-hybridized carbons (Fsp3) is 0.500. The van der Waals surface area contributed by atoms with E-state index < -0.39 is 0 Å². The molecule has 0 saturated heterocycles. The molecule has 0 atom stereocenters. The number of nitrogens with one attached hydrogen (secondary N) is 1. The lowest BCUT2D eigenvalue weighted by Gasteiger charge is -2.14. The molecule has 0 unspecified atom stereocenters. The van der Waals surface area contributed by atoms with Crippen LogP contribution < -0.4 is 19.5 Å². The molecule has 20 heavy (non-hydrogen) atoms. The van der Waals surface area contributed by atoms with Crippen molar-refractivity contribution in [2.24, 2.45) is 0 Å². The monoisotopic (exact) mass is 303 g/mol. The molecule has 1 rings (SSSR count). The second-order valence-corrected chi connectivity index (χ2v) is 4.01. The van der Waals surface area contributed by atoms with Gasteiger partial charge in [0.05, 0.1) is 27.9 Å². The van der Waals surface area contributed by atoms with Gasteiger partial charge in [0.2, 0.25) is 0 Å². The summed E-state index contributed by atoms with van der Waals surface area (Å²) in [5, 5.41) is 3.07. The standard InChI is InChI=1S/C14H21NO4.ClH/c1-5-6-15-9-11(16)14-12(18-3)7-10(17-2)8-13(14)19-4;/h7-8,15H,5-6,9H2,1-4H3;1H. The highest BCUT2D eigenvalue weighted by Gasteiger charge is 2.19. The Morgan fingerprint density at radius 3 is 2.05 bits per heavy atom. The lowest BCUT2D eigenvalue weighted by Crippen LogP contribution is -2.24. The maximum absolute atomic E-state index is 12.2. The molecule has 0 aliphatic heterocycles. The first-order valence-electron chi connectivity index (χ1n) is 6.21. The Kier molecular flexibility index (Phi) is 8.76. The lowest BCUT2D eigenvalue weighted by atomic mass is 10.1. The smallest absolute Gasteiger partial charge is 0.184 e. The summed E-state index contributed by atoms with van der Waals surface area (Å²) in [5.41, 5.74) is 0.439. The number of methoxy groups -OCH3 is 3. The van der Waals surface area contributed by atoms with Gasteiger partial charge in [-0.05, 0) is 13.0 Å². The third kappa shape index (κ3) is 4.58. The van der Waals surface area contributed by atoms with Gasteiger partial charge in [-0.3, -0.25) is 4.79 Å². The van der Waals surface area contributed by atoms with Crippen molar-refractivity contribution in [1.82, 2.24) is 5.32 Å². The van der Waals surface area contributed by atoms with Gasteiger partial charge in [0.25, 0.3) is 0 Å². The molecule has 0 fully saturated rings. The Bertz CT molecular complexity index is 412. The Morgan fingerprint density at radius 2 is 1.65 bits per heavy atom. The first-order chi connectivity index (χ1) is 9.17. The van der Waals surface area contributed by atoms with Crippen molar-refractivity contribution in [3.05, 3.63) is 17.7 Å². The van der Waals surface area contributed by atoms with Gasteiger partial charge in [-0.15, -0.1) is 12.4 Å². The summed E-state index contributed by atoms with van der Waals surface area (Å²) in [6.45, 7) is 3.10. The van der Waals surface area contributed by atoms with Crippen molar-refractivity contribution < 1.29 is 19.0 Å². The number of carbonyl (C=O) groups excluding carboxylic acids is 1. The predicted octanol–water partition coefficient (Wildman–Crippen LogP) is 2.32. The van der Waals surface area contributed by atoms with Crippen LogP contribution in [0.15, 0.2) is 12.1 Å². The van der Waals surface area contributed by atoms with Crippen LogP contribution in [0.2, 0.25) is 0 Å². The summed E-state index contributed by atoms with van der Waals surface area (Å²) in [6, 6.07) is 3.35. The van der Waals surface area contributed by atoms with Crippen molar-refractivity contribution in [1.29, 1.82) is 0 Å². The molecule has 6 heteroatoms. The SMILES string of the molecule is CCCNCC(=O)c1c(OC)cc(OC)cc1OC.Cl. The van der Waals surface area contributed by atoms with Gasteiger partial charge in [0, 0.05) is 12.1 Å². The van der Waals surface area contributed by atoms with E-state index in [9.17, 15) is 4.79 Å². The molecule has 0 aliphatic rings. The van der Waals surface area contributed by atoms with E-state index in [1.54, 1.807) is 19.2 Å². The van der Waals surface area contributed by atoms with E-state index in [2.05, 4.69) is 5.32 Å². The highest BCUT2D eigenvalue weighted by Crippen LogP contribution is 2.34. The molecule has 0 bridgehead atoms. The second-order valence-electron chi connectivity index (χ2n) is 4.01. The zero-order valence-corrected chi connectivity index (χ0v) is 13.1. The maximum atomic E-state index is 12.2. The van der Waals surface area contributed by atoms with E-state index in [0.29, 0.717) is 22.8 Å². The molecule has 1 aromatic rings. The Labute approximate surface area is 126 Å². The largest absolute Gasteiger partial charge is 0.496 e. The molecule has 1 N–H and O–H groups in total. The van der Waals surface area contributed by atoms with Crippen molar-refractivity contribution in [3.63, 3.8) is 0 Å². The highest BCUT2D eigenvalue weighted by atomic mass is 35.5.